The summed E-state index contributed by atoms with van der Waals surface area (Å²) in [6.45, 7) is 0. The van der Waals surface area contributed by atoms with Crippen LogP contribution in [0.15, 0.2) is 24.4 Å². The Labute approximate surface area is 49.5 Å². The van der Waals surface area contributed by atoms with Gasteiger partial charge in [0.2, 0.25) is 5.88 Å². The van der Waals surface area contributed by atoms with Gasteiger partial charge < -0.3 is 4.74 Å². The highest BCUT2D eigenvalue weighted by atomic mass is 16.5. The van der Waals surface area contributed by atoms with Gasteiger partial charge in [0, 0.05) is 12.2 Å². The van der Waals surface area contributed by atoms with Crippen LogP contribution >= 0.6 is 0 Å². The van der Waals surface area contributed by atoms with E-state index in [-0.39, 0.29) is 0 Å². The van der Waals surface area contributed by atoms with E-state index in [2.05, 4.69) is 4.98 Å². The molecule has 0 radical (unpaired) electrons. The summed E-state index contributed by atoms with van der Waals surface area (Å²) in [6, 6.07) is 3.65. The third-order valence-electron chi connectivity index (χ3n) is 0.774. The molecule has 1 aromatic rings. The molecule has 0 saturated heterocycles. The van der Waals surface area contributed by atoms with Gasteiger partial charge in [-0.25, -0.2) is 4.98 Å². The molecular formula is C6H7NO. The quantitative estimate of drug-likeness (QED) is 0.540. The molecule has 0 bridgehead atoms. The summed E-state index contributed by atoms with van der Waals surface area (Å²) in [6.07, 6.45) is 1.59. The minimum absolute atomic E-state index is 0.319. The van der Waals surface area contributed by atoms with Gasteiger partial charge >= 0.3 is 0 Å². The second kappa shape index (κ2) is 2.31. The molecule has 1 aromatic heterocycles. The molecule has 0 atom stereocenters. The van der Waals surface area contributed by atoms with Crippen LogP contribution in [0.2, 0.25) is 0 Å². The van der Waals surface area contributed by atoms with Gasteiger partial charge in [-0.1, -0.05) is 6.07 Å². The van der Waals surface area contributed by atoms with Crippen LogP contribution in [0.25, 0.3) is 0 Å². The smallest absolute Gasteiger partial charge is 0.212 e. The van der Waals surface area contributed by atoms with E-state index in [1.54, 1.807) is 18.3 Å². The number of ether oxygens (including phenoxy) is 1. The van der Waals surface area contributed by atoms with Crippen LogP contribution in [-0.4, -0.2) is 12.1 Å². The lowest BCUT2D eigenvalue weighted by molar-refractivity contribution is 0.398. The molecule has 42 valence electrons. The van der Waals surface area contributed by atoms with Crippen LogP contribution < -0.4 is 4.74 Å². The van der Waals surface area contributed by atoms with Gasteiger partial charge in [-0.3, -0.25) is 0 Å². The molecule has 0 aliphatic carbocycles. The fourth-order valence-electron chi connectivity index (χ4n) is 0.422. The molecule has 2 nitrogen and oxygen atoms in total. The molecule has 1 rings (SSSR count). The van der Waals surface area contributed by atoms with Crippen molar-refractivity contribution in [2.45, 2.75) is 0 Å². The maximum absolute atomic E-state index is 7.18. The summed E-state index contributed by atoms with van der Waals surface area (Å²) in [7, 11) is 1.50. The van der Waals surface area contributed by atoms with E-state index in [1.165, 1.54) is 7.11 Å². The third kappa shape index (κ3) is 0.964. The van der Waals surface area contributed by atoms with Crippen molar-refractivity contribution in [3.63, 3.8) is 0 Å². The molecule has 0 N–H and O–H groups in total. The van der Waals surface area contributed by atoms with Crippen molar-refractivity contribution in [3.8, 4) is 5.88 Å². The van der Waals surface area contributed by atoms with Crippen molar-refractivity contribution >= 4 is 0 Å². The summed E-state index contributed by atoms with van der Waals surface area (Å²) in [5.41, 5.74) is 0. The fourth-order valence-corrected chi connectivity index (χ4v) is 0.422. The first kappa shape index (κ1) is 3.89. The van der Waals surface area contributed by atoms with E-state index in [4.69, 9.17) is 6.11 Å². The summed E-state index contributed by atoms with van der Waals surface area (Å²) < 4.78 is 11.9. The number of hydrogen-bond acceptors (Lipinski definition) is 2. The Balaban J connectivity index is 3.01. The summed E-state index contributed by atoms with van der Waals surface area (Å²) >= 11 is 0. The Bertz CT molecular complexity index is 202. The average molecular weight is 110 g/mol. The minimum Gasteiger partial charge on any atom is -0.481 e. The molecule has 0 aliphatic rings. The van der Waals surface area contributed by atoms with Gasteiger partial charge in [0.1, 0.15) is 0 Å². The first-order valence-corrected chi connectivity index (χ1v) is 2.30. The summed E-state index contributed by atoms with van der Waals surface area (Å²) in [4.78, 5) is 3.79. The van der Waals surface area contributed by atoms with Gasteiger partial charge in [-0.15, -0.1) is 0 Å². The van der Waals surface area contributed by atoms with Gasteiger partial charge in [0.05, 0.1) is 8.48 Å². The predicted octanol–water partition coefficient (Wildman–Crippen LogP) is 1.09. The molecule has 0 saturated carbocycles. The van der Waals surface area contributed by atoms with E-state index in [1.807, 2.05) is 0 Å². The van der Waals surface area contributed by atoms with E-state index in [0.717, 1.165) is 0 Å². The van der Waals surface area contributed by atoms with Crippen LogP contribution in [0.5, 0.6) is 5.88 Å². The third-order valence-corrected chi connectivity index (χ3v) is 0.774. The topological polar surface area (TPSA) is 22.1 Å². The molecule has 0 fully saturated rings. The highest BCUT2D eigenvalue weighted by Gasteiger charge is 1.82. The van der Waals surface area contributed by atoms with Crippen LogP contribution in [0, 0.1) is 0 Å². The molecule has 0 amide bonds. The lowest BCUT2D eigenvalue weighted by Crippen LogP contribution is -1.83. The zero-order valence-electron chi connectivity index (χ0n) is 5.59. The second-order valence-electron chi connectivity index (χ2n) is 1.29. The first-order chi connectivity index (χ1) is 4.34. The maximum atomic E-state index is 7.18. The van der Waals surface area contributed by atoms with Crippen LogP contribution in [0.1, 0.15) is 1.37 Å². The van der Waals surface area contributed by atoms with Crippen LogP contribution in [-0.2, 0) is 0 Å². The monoisotopic (exact) mass is 110 g/mol. The first-order valence-electron chi connectivity index (χ1n) is 2.80. The molecule has 0 aromatic carbocycles. The summed E-state index contributed by atoms with van der Waals surface area (Å²) in [5, 5.41) is 0. The molecule has 0 aliphatic heterocycles. The van der Waals surface area contributed by atoms with Gasteiger partial charge in [-0.2, -0.15) is 0 Å². The van der Waals surface area contributed by atoms with Crippen molar-refractivity contribution in [3.05, 3.63) is 24.4 Å². The molecule has 1 heterocycles. The van der Waals surface area contributed by atoms with Crippen LogP contribution in [0.3, 0.4) is 0 Å². The van der Waals surface area contributed by atoms with Crippen LogP contribution in [0.4, 0.5) is 0 Å². The molecule has 8 heavy (non-hydrogen) atoms. The zero-order valence-corrected chi connectivity index (χ0v) is 4.59. The number of aromatic nitrogens is 1. The van der Waals surface area contributed by atoms with E-state index >= 15 is 0 Å². The van der Waals surface area contributed by atoms with Gasteiger partial charge in [-0.05, 0) is 6.07 Å². The Hall–Kier alpha value is -1.05. The standard InChI is InChI=1S/C6H7NO/c1-8-6-4-2-3-5-7-6/h2-5H,1H3/i4D. The molecule has 0 spiro atoms. The second-order valence-corrected chi connectivity index (χ2v) is 1.29. The number of pyridine rings is 1. The predicted molar refractivity (Wildman–Crippen MR) is 30.8 cm³/mol. The fraction of sp³-hybridized carbons (Fsp3) is 0.167. The van der Waals surface area contributed by atoms with Gasteiger partial charge in [0.25, 0.3) is 0 Å². The lowest BCUT2D eigenvalue weighted by atomic mass is 10.5. The molecule has 2 heteroatoms. The largest absolute Gasteiger partial charge is 0.481 e. The molecular weight excluding hydrogens is 102 g/mol. The number of methoxy groups -OCH3 is 1. The van der Waals surface area contributed by atoms with E-state index in [0.29, 0.717) is 11.9 Å². The normalized spacial score (nSPS) is 10.4. The van der Waals surface area contributed by atoms with Crippen molar-refractivity contribution in [2.24, 2.45) is 0 Å². The SMILES string of the molecule is [2H]c1cccnc1OC. The summed E-state index contributed by atoms with van der Waals surface area (Å²) in [5.74, 6) is 0.373. The van der Waals surface area contributed by atoms with Gasteiger partial charge in [0.15, 0.2) is 0 Å². The zero-order chi connectivity index (χ0) is 6.69. The highest BCUT2D eigenvalue weighted by molar-refractivity contribution is 5.08. The average Bonchev–Trinajstić information content (AvgIpc) is 1.89. The van der Waals surface area contributed by atoms with E-state index in [9.17, 15) is 0 Å². The Morgan fingerprint density at radius 2 is 2.62 bits per heavy atom. The van der Waals surface area contributed by atoms with Crippen molar-refractivity contribution in [1.82, 2.24) is 4.98 Å². The number of nitrogens with zero attached hydrogens (tertiary/aromatic N) is 1. The van der Waals surface area contributed by atoms with Crippen molar-refractivity contribution in [1.29, 1.82) is 0 Å². The number of rotatable bonds is 1. The molecule has 0 unspecified atom stereocenters. The van der Waals surface area contributed by atoms with Crippen molar-refractivity contribution in [2.75, 3.05) is 7.11 Å². The Kier molecular flexibility index (Phi) is 1.12. The lowest BCUT2D eigenvalue weighted by Gasteiger charge is -1.92. The number of hydrogen-bond donors (Lipinski definition) is 0. The van der Waals surface area contributed by atoms with Crippen molar-refractivity contribution < 1.29 is 6.11 Å². The Morgan fingerprint density at radius 3 is 3.12 bits per heavy atom. The maximum Gasteiger partial charge on any atom is 0.212 e. The van der Waals surface area contributed by atoms with E-state index < -0.39 is 0 Å². The highest BCUT2D eigenvalue weighted by Crippen LogP contribution is 1.99. The Morgan fingerprint density at radius 1 is 1.75 bits per heavy atom. The minimum atomic E-state index is 0.319.